The molecule has 2 N–H and O–H groups in total. The molecule has 1 fully saturated rings. The van der Waals surface area contributed by atoms with Gasteiger partial charge in [-0.1, -0.05) is 11.8 Å². The molecular formula is C16H19FN2O2. The van der Waals surface area contributed by atoms with Gasteiger partial charge >= 0.3 is 0 Å². The number of nitrogens with two attached hydrogens (primary N) is 1. The van der Waals surface area contributed by atoms with Gasteiger partial charge in [0.15, 0.2) is 0 Å². The Bertz CT molecular complexity index is 602. The third-order valence-electron chi connectivity index (χ3n) is 3.25. The smallest absolute Gasteiger partial charge is 0.255 e. The van der Waals surface area contributed by atoms with Crippen molar-refractivity contribution >= 4 is 5.91 Å². The number of hydrogen-bond donors (Lipinski definition) is 1. The maximum absolute atomic E-state index is 13.5. The highest BCUT2D eigenvalue weighted by atomic mass is 19.1. The highest BCUT2D eigenvalue weighted by molar-refractivity contribution is 5.97. The first-order chi connectivity index (χ1) is 9.93. The molecule has 1 aliphatic heterocycles. The first-order valence-electron chi connectivity index (χ1n) is 6.85. The zero-order valence-electron chi connectivity index (χ0n) is 12.3. The number of halogens is 1. The first-order valence-corrected chi connectivity index (χ1v) is 6.85. The molecule has 2 rings (SSSR count). The van der Waals surface area contributed by atoms with Crippen molar-refractivity contribution in [2.75, 3.05) is 26.2 Å². The molecule has 0 spiro atoms. The zero-order valence-corrected chi connectivity index (χ0v) is 12.3. The maximum atomic E-state index is 13.5. The van der Waals surface area contributed by atoms with E-state index in [0.29, 0.717) is 25.3 Å². The lowest BCUT2D eigenvalue weighted by Crippen LogP contribution is -2.50. The minimum Gasteiger partial charge on any atom is -0.372 e. The predicted molar refractivity (Wildman–Crippen MR) is 78.3 cm³/mol. The molecular weight excluding hydrogens is 271 g/mol. The summed E-state index contributed by atoms with van der Waals surface area (Å²) in [4.78, 5) is 14.3. The van der Waals surface area contributed by atoms with Crippen molar-refractivity contribution < 1.29 is 13.9 Å². The van der Waals surface area contributed by atoms with E-state index in [0.717, 1.165) is 0 Å². The number of benzene rings is 1. The van der Waals surface area contributed by atoms with E-state index in [9.17, 15) is 9.18 Å². The maximum Gasteiger partial charge on any atom is 0.255 e. The normalized spacial score (nSPS) is 17.0. The van der Waals surface area contributed by atoms with Gasteiger partial charge in [0.05, 0.1) is 24.3 Å². The monoisotopic (exact) mass is 290 g/mol. The van der Waals surface area contributed by atoms with Gasteiger partial charge in [-0.05, 0) is 32.0 Å². The van der Waals surface area contributed by atoms with E-state index >= 15 is 0 Å². The second kappa shape index (κ2) is 6.25. The summed E-state index contributed by atoms with van der Waals surface area (Å²) in [6, 6.07) is 4.03. The van der Waals surface area contributed by atoms with Crippen LogP contribution in [0.2, 0.25) is 0 Å². The lowest BCUT2D eigenvalue weighted by atomic mass is 10.0. The topological polar surface area (TPSA) is 55.6 Å². The van der Waals surface area contributed by atoms with E-state index in [1.165, 1.54) is 18.2 Å². The van der Waals surface area contributed by atoms with Crippen molar-refractivity contribution in [2.45, 2.75) is 19.4 Å². The van der Waals surface area contributed by atoms with Crippen LogP contribution in [0.1, 0.15) is 29.8 Å². The largest absolute Gasteiger partial charge is 0.372 e. The van der Waals surface area contributed by atoms with Crippen molar-refractivity contribution in [1.82, 2.24) is 4.90 Å². The molecule has 1 aliphatic rings. The molecule has 0 aliphatic carbocycles. The predicted octanol–water partition coefficient (Wildman–Crippen LogP) is 1.39. The van der Waals surface area contributed by atoms with Gasteiger partial charge in [-0.3, -0.25) is 4.79 Å². The second-order valence-electron chi connectivity index (χ2n) is 5.53. The fourth-order valence-corrected chi connectivity index (χ4v) is 2.31. The average Bonchev–Trinajstić information content (AvgIpc) is 2.44. The van der Waals surface area contributed by atoms with Crippen LogP contribution in [0.15, 0.2) is 18.2 Å². The Balaban J connectivity index is 2.31. The second-order valence-corrected chi connectivity index (χ2v) is 5.53. The summed E-state index contributed by atoms with van der Waals surface area (Å²) in [7, 11) is 0. The van der Waals surface area contributed by atoms with E-state index < -0.39 is 11.4 Å². The molecule has 0 saturated carbocycles. The Morgan fingerprint density at radius 1 is 1.52 bits per heavy atom. The number of carbonyl (C=O) groups excluding carboxylic acids is 1. The van der Waals surface area contributed by atoms with Crippen molar-refractivity contribution in [2.24, 2.45) is 5.73 Å². The summed E-state index contributed by atoms with van der Waals surface area (Å²) >= 11 is 0. The number of amides is 1. The van der Waals surface area contributed by atoms with Gasteiger partial charge in [0, 0.05) is 18.7 Å². The van der Waals surface area contributed by atoms with Crippen molar-refractivity contribution in [3.8, 4) is 11.8 Å². The number of ether oxygens (including phenoxy) is 1. The number of hydrogen-bond acceptors (Lipinski definition) is 3. The molecule has 5 heteroatoms. The van der Waals surface area contributed by atoms with Gasteiger partial charge in [0.25, 0.3) is 5.91 Å². The highest BCUT2D eigenvalue weighted by Gasteiger charge is 2.31. The summed E-state index contributed by atoms with van der Waals surface area (Å²) in [6.45, 7) is 5.46. The van der Waals surface area contributed by atoms with E-state index in [1.807, 2.05) is 13.8 Å². The van der Waals surface area contributed by atoms with E-state index in [1.54, 1.807) is 4.90 Å². The van der Waals surface area contributed by atoms with Crippen molar-refractivity contribution in [3.05, 3.63) is 35.1 Å². The van der Waals surface area contributed by atoms with Crippen molar-refractivity contribution in [3.63, 3.8) is 0 Å². The number of nitrogens with zero attached hydrogens (tertiary/aromatic N) is 1. The summed E-state index contributed by atoms with van der Waals surface area (Å²) in [5, 5.41) is 0. The Labute approximate surface area is 124 Å². The number of carbonyl (C=O) groups is 1. The van der Waals surface area contributed by atoms with Crippen LogP contribution in [0, 0.1) is 17.7 Å². The number of rotatable bonds is 1. The van der Waals surface area contributed by atoms with Crippen LogP contribution in [0.3, 0.4) is 0 Å². The van der Waals surface area contributed by atoms with Crippen LogP contribution in [0.25, 0.3) is 0 Å². The first kappa shape index (κ1) is 15.5. The van der Waals surface area contributed by atoms with Crippen LogP contribution in [0.5, 0.6) is 0 Å². The summed E-state index contributed by atoms with van der Waals surface area (Å²) in [6.07, 6.45) is 0. The quantitative estimate of drug-likeness (QED) is 0.795. The fourth-order valence-electron chi connectivity index (χ4n) is 2.31. The lowest BCUT2D eigenvalue weighted by Gasteiger charge is -2.38. The molecule has 21 heavy (non-hydrogen) atoms. The van der Waals surface area contributed by atoms with Gasteiger partial charge in [0.2, 0.25) is 0 Å². The van der Waals surface area contributed by atoms with Gasteiger partial charge < -0.3 is 15.4 Å². The third kappa shape index (κ3) is 3.81. The molecule has 1 amide bonds. The Morgan fingerprint density at radius 2 is 2.29 bits per heavy atom. The molecule has 1 saturated heterocycles. The third-order valence-corrected chi connectivity index (χ3v) is 3.25. The van der Waals surface area contributed by atoms with Gasteiger partial charge in [-0.25, -0.2) is 4.39 Å². The highest BCUT2D eigenvalue weighted by Crippen LogP contribution is 2.20. The van der Waals surface area contributed by atoms with E-state index in [-0.39, 0.29) is 18.0 Å². The Kier molecular flexibility index (Phi) is 4.61. The molecule has 0 bridgehead atoms. The molecule has 1 aromatic rings. The minimum atomic E-state index is -0.454. The molecule has 0 aromatic heterocycles. The van der Waals surface area contributed by atoms with Crippen LogP contribution in [-0.2, 0) is 4.74 Å². The SMILES string of the molecule is CC1(C)CN(C(=O)c2cc(F)ccc2C#CCN)CCO1. The molecule has 0 radical (unpaired) electrons. The fraction of sp³-hybridized carbons (Fsp3) is 0.438. The van der Waals surface area contributed by atoms with Crippen LogP contribution >= 0.6 is 0 Å². The summed E-state index contributed by atoms with van der Waals surface area (Å²) in [5.41, 5.74) is 5.72. The Morgan fingerprint density at radius 3 is 2.95 bits per heavy atom. The molecule has 4 nitrogen and oxygen atoms in total. The van der Waals surface area contributed by atoms with E-state index in [4.69, 9.17) is 10.5 Å². The zero-order chi connectivity index (χ0) is 15.5. The molecule has 1 heterocycles. The Hall–Kier alpha value is -1.90. The average molecular weight is 290 g/mol. The lowest BCUT2D eigenvalue weighted by molar-refractivity contribution is -0.0764. The summed E-state index contributed by atoms with van der Waals surface area (Å²) in [5.74, 6) is 4.83. The summed E-state index contributed by atoms with van der Waals surface area (Å²) < 4.78 is 19.1. The van der Waals surface area contributed by atoms with Gasteiger partial charge in [-0.2, -0.15) is 0 Å². The molecule has 1 aromatic carbocycles. The standard InChI is InChI=1S/C16H19FN2O2/c1-16(2)11-19(8-9-21-16)15(20)14-10-13(17)6-5-12(14)4-3-7-18/h5-6,10H,7-9,11,18H2,1-2H3. The van der Waals surface area contributed by atoms with Crippen LogP contribution in [-0.4, -0.2) is 42.6 Å². The molecule has 112 valence electrons. The number of morpholine rings is 1. The minimum absolute atomic E-state index is 0.190. The van der Waals surface area contributed by atoms with Crippen molar-refractivity contribution in [1.29, 1.82) is 0 Å². The van der Waals surface area contributed by atoms with Gasteiger partial charge in [-0.15, -0.1) is 0 Å². The van der Waals surface area contributed by atoms with Crippen LogP contribution in [0.4, 0.5) is 4.39 Å². The van der Waals surface area contributed by atoms with Crippen LogP contribution < -0.4 is 5.73 Å². The molecule has 0 unspecified atom stereocenters. The van der Waals surface area contributed by atoms with E-state index in [2.05, 4.69) is 11.8 Å². The molecule has 0 atom stereocenters. The van der Waals surface area contributed by atoms with Gasteiger partial charge in [0.1, 0.15) is 5.82 Å².